The van der Waals surface area contributed by atoms with Gasteiger partial charge in [0.25, 0.3) is 11.8 Å². The first-order chi connectivity index (χ1) is 16.6. The fourth-order valence-corrected chi connectivity index (χ4v) is 3.71. The van der Waals surface area contributed by atoms with Crippen LogP contribution in [0, 0.1) is 0 Å². The van der Waals surface area contributed by atoms with Gasteiger partial charge in [-0.1, -0.05) is 13.0 Å². The van der Waals surface area contributed by atoms with Gasteiger partial charge in [-0.2, -0.15) is 0 Å². The average Bonchev–Trinajstić information content (AvgIpc) is 3.62. The van der Waals surface area contributed by atoms with E-state index in [-0.39, 0.29) is 17.6 Å². The van der Waals surface area contributed by atoms with Crippen LogP contribution >= 0.6 is 0 Å². The van der Waals surface area contributed by atoms with E-state index < -0.39 is 0 Å². The van der Waals surface area contributed by atoms with Crippen molar-refractivity contribution in [2.75, 3.05) is 13.1 Å². The summed E-state index contributed by atoms with van der Waals surface area (Å²) >= 11 is 0. The van der Waals surface area contributed by atoms with Crippen LogP contribution in [0.4, 0.5) is 0 Å². The van der Waals surface area contributed by atoms with Crippen LogP contribution in [0.1, 0.15) is 51.6 Å². The standard InChI is InChI=1S/C26H28N4O4/c1-2-15-30(26(32)24-9-6-17-33-24)18-21-8-5-16-29(21)19-22-10-11-23(34-22)25(31)28-14-12-20-7-3-4-13-27-20/h3-11,13,16-17H,2,12,14-15,18-19H2,1H3,(H,28,31). The Morgan fingerprint density at radius 3 is 2.74 bits per heavy atom. The lowest BCUT2D eigenvalue weighted by Gasteiger charge is -2.22. The molecule has 4 aromatic heterocycles. The van der Waals surface area contributed by atoms with Gasteiger partial charge in [0.05, 0.1) is 19.4 Å². The number of amides is 2. The Morgan fingerprint density at radius 2 is 1.97 bits per heavy atom. The topological polar surface area (TPSA) is 93.5 Å². The van der Waals surface area contributed by atoms with Gasteiger partial charge in [0.15, 0.2) is 11.5 Å². The van der Waals surface area contributed by atoms with E-state index in [1.165, 1.54) is 6.26 Å². The van der Waals surface area contributed by atoms with Crippen molar-refractivity contribution >= 4 is 11.8 Å². The number of furan rings is 2. The Labute approximate surface area is 198 Å². The predicted molar refractivity (Wildman–Crippen MR) is 126 cm³/mol. The highest BCUT2D eigenvalue weighted by Crippen LogP contribution is 2.16. The number of pyridine rings is 1. The van der Waals surface area contributed by atoms with Crippen LogP contribution in [0.5, 0.6) is 0 Å². The number of rotatable bonds is 11. The minimum atomic E-state index is -0.256. The monoisotopic (exact) mass is 460 g/mol. The van der Waals surface area contributed by atoms with E-state index in [4.69, 9.17) is 8.83 Å². The molecular weight excluding hydrogens is 432 g/mol. The first-order valence-electron chi connectivity index (χ1n) is 11.4. The van der Waals surface area contributed by atoms with E-state index in [1.807, 2.05) is 48.0 Å². The minimum Gasteiger partial charge on any atom is -0.459 e. The molecule has 8 heteroatoms. The third-order valence-corrected chi connectivity index (χ3v) is 5.39. The molecule has 176 valence electrons. The van der Waals surface area contributed by atoms with Crippen LogP contribution in [-0.4, -0.2) is 39.4 Å². The molecule has 0 radical (unpaired) electrons. The van der Waals surface area contributed by atoms with E-state index in [0.29, 0.717) is 44.1 Å². The quantitative estimate of drug-likeness (QED) is 0.363. The second-order valence-electron chi connectivity index (χ2n) is 7.92. The normalized spacial score (nSPS) is 10.9. The number of carbonyl (C=O) groups excluding carboxylic acids is 2. The molecule has 34 heavy (non-hydrogen) atoms. The van der Waals surface area contributed by atoms with E-state index in [0.717, 1.165) is 17.8 Å². The van der Waals surface area contributed by atoms with Crippen molar-refractivity contribution < 1.29 is 18.4 Å². The van der Waals surface area contributed by atoms with Crippen LogP contribution in [0.25, 0.3) is 0 Å². The maximum Gasteiger partial charge on any atom is 0.289 e. The maximum atomic E-state index is 12.8. The fourth-order valence-electron chi connectivity index (χ4n) is 3.71. The molecule has 0 spiro atoms. The van der Waals surface area contributed by atoms with Crippen molar-refractivity contribution in [3.8, 4) is 0 Å². The zero-order valence-electron chi connectivity index (χ0n) is 19.1. The molecule has 4 rings (SSSR count). The molecule has 0 atom stereocenters. The summed E-state index contributed by atoms with van der Waals surface area (Å²) in [6.07, 6.45) is 6.66. The molecule has 0 aliphatic carbocycles. The highest BCUT2D eigenvalue weighted by Gasteiger charge is 2.19. The van der Waals surface area contributed by atoms with Crippen molar-refractivity contribution in [3.63, 3.8) is 0 Å². The second kappa shape index (κ2) is 11.2. The molecule has 2 amide bonds. The minimum absolute atomic E-state index is 0.137. The van der Waals surface area contributed by atoms with Crippen LogP contribution < -0.4 is 5.32 Å². The van der Waals surface area contributed by atoms with Crippen LogP contribution in [0.2, 0.25) is 0 Å². The van der Waals surface area contributed by atoms with Gasteiger partial charge >= 0.3 is 0 Å². The molecular formula is C26H28N4O4. The van der Waals surface area contributed by atoms with Gasteiger partial charge < -0.3 is 23.6 Å². The zero-order valence-corrected chi connectivity index (χ0v) is 19.1. The second-order valence-corrected chi connectivity index (χ2v) is 7.92. The molecule has 0 bridgehead atoms. The Kier molecular flexibility index (Phi) is 7.60. The Bertz CT molecular complexity index is 1190. The number of hydrogen-bond donors (Lipinski definition) is 1. The molecule has 8 nitrogen and oxygen atoms in total. The SMILES string of the molecule is CCCN(Cc1cccn1Cc1ccc(C(=O)NCCc2ccccn2)o1)C(=O)c1ccco1. The summed E-state index contributed by atoms with van der Waals surface area (Å²) in [5, 5.41) is 2.86. The lowest BCUT2D eigenvalue weighted by atomic mass is 10.2. The van der Waals surface area contributed by atoms with E-state index in [9.17, 15) is 9.59 Å². The third kappa shape index (κ3) is 5.83. The van der Waals surface area contributed by atoms with Gasteiger partial charge in [-0.25, -0.2) is 0 Å². The van der Waals surface area contributed by atoms with Crippen molar-refractivity contribution in [1.82, 2.24) is 19.8 Å². The lowest BCUT2D eigenvalue weighted by Crippen LogP contribution is -2.31. The molecule has 0 saturated heterocycles. The zero-order chi connectivity index (χ0) is 23.8. The summed E-state index contributed by atoms with van der Waals surface area (Å²) in [5.74, 6) is 0.865. The van der Waals surface area contributed by atoms with Gasteiger partial charge in [-0.05, 0) is 55.0 Å². The van der Waals surface area contributed by atoms with E-state index in [1.54, 1.807) is 35.4 Å². The smallest absolute Gasteiger partial charge is 0.289 e. The predicted octanol–water partition coefficient (Wildman–Crippen LogP) is 4.14. The van der Waals surface area contributed by atoms with Gasteiger partial charge in [-0.3, -0.25) is 14.6 Å². The third-order valence-electron chi connectivity index (χ3n) is 5.39. The van der Waals surface area contributed by atoms with Gasteiger partial charge in [0, 0.05) is 43.3 Å². The van der Waals surface area contributed by atoms with E-state index >= 15 is 0 Å². The number of hydrogen-bond acceptors (Lipinski definition) is 5. The maximum absolute atomic E-state index is 12.8. The molecule has 4 aromatic rings. The number of carbonyl (C=O) groups is 2. The summed E-state index contributed by atoms with van der Waals surface area (Å²) in [6, 6.07) is 16.5. The summed E-state index contributed by atoms with van der Waals surface area (Å²) in [6.45, 7) is 4.03. The summed E-state index contributed by atoms with van der Waals surface area (Å²) < 4.78 is 13.1. The molecule has 4 heterocycles. The first kappa shape index (κ1) is 23.1. The number of nitrogens with zero attached hydrogens (tertiary/aromatic N) is 3. The molecule has 0 unspecified atom stereocenters. The highest BCUT2D eigenvalue weighted by atomic mass is 16.4. The summed E-state index contributed by atoms with van der Waals surface area (Å²) in [7, 11) is 0. The molecule has 0 aromatic carbocycles. The van der Waals surface area contributed by atoms with E-state index in [2.05, 4.69) is 10.3 Å². The Balaban J connectivity index is 1.35. The van der Waals surface area contributed by atoms with Crippen molar-refractivity contribution in [1.29, 1.82) is 0 Å². The first-order valence-corrected chi connectivity index (χ1v) is 11.4. The van der Waals surface area contributed by atoms with Gasteiger partial charge in [-0.15, -0.1) is 0 Å². The summed E-state index contributed by atoms with van der Waals surface area (Å²) in [4.78, 5) is 31.3. The number of aromatic nitrogens is 2. The lowest BCUT2D eigenvalue weighted by molar-refractivity contribution is 0.0707. The van der Waals surface area contributed by atoms with Crippen LogP contribution in [0.15, 0.2) is 82.1 Å². The Hall–Kier alpha value is -4.07. The van der Waals surface area contributed by atoms with Gasteiger partial charge in [0.1, 0.15) is 5.76 Å². The number of nitrogens with one attached hydrogen (secondary N) is 1. The summed E-state index contributed by atoms with van der Waals surface area (Å²) in [5.41, 5.74) is 1.89. The molecule has 0 saturated carbocycles. The van der Waals surface area contributed by atoms with Crippen molar-refractivity contribution in [2.45, 2.75) is 32.9 Å². The van der Waals surface area contributed by atoms with Crippen molar-refractivity contribution in [2.24, 2.45) is 0 Å². The molecule has 0 aliphatic rings. The van der Waals surface area contributed by atoms with Crippen LogP contribution in [0.3, 0.4) is 0 Å². The molecule has 1 N–H and O–H groups in total. The Morgan fingerprint density at radius 1 is 1.06 bits per heavy atom. The fraction of sp³-hybridized carbons (Fsp3) is 0.269. The van der Waals surface area contributed by atoms with Crippen LogP contribution in [-0.2, 0) is 19.5 Å². The largest absolute Gasteiger partial charge is 0.459 e. The van der Waals surface area contributed by atoms with Gasteiger partial charge in [0.2, 0.25) is 0 Å². The molecule has 0 fully saturated rings. The van der Waals surface area contributed by atoms with Crippen molar-refractivity contribution in [3.05, 3.63) is 102 Å². The molecule has 0 aliphatic heterocycles. The average molecular weight is 461 g/mol. The highest BCUT2D eigenvalue weighted by molar-refractivity contribution is 5.91.